The van der Waals surface area contributed by atoms with Crippen LogP contribution in [0.15, 0.2) is 11.6 Å². The lowest BCUT2D eigenvalue weighted by molar-refractivity contribution is -0.142. The van der Waals surface area contributed by atoms with Crippen molar-refractivity contribution in [2.24, 2.45) is 0 Å². The average Bonchev–Trinajstić information content (AvgIpc) is 3.22. The van der Waals surface area contributed by atoms with Gasteiger partial charge in [0.05, 0.1) is 18.8 Å². The highest BCUT2D eigenvalue weighted by Crippen LogP contribution is 2.41. The first kappa shape index (κ1) is 15.5. The smallest absolute Gasteiger partial charge is 0.338 e. The van der Waals surface area contributed by atoms with Gasteiger partial charge in [-0.2, -0.15) is 0 Å². The summed E-state index contributed by atoms with van der Waals surface area (Å²) in [7, 11) is 1.40. The van der Waals surface area contributed by atoms with E-state index in [9.17, 15) is 4.79 Å². The summed E-state index contributed by atoms with van der Waals surface area (Å²) in [6, 6.07) is 0. The molecule has 2 aliphatic rings. The van der Waals surface area contributed by atoms with Crippen LogP contribution in [-0.4, -0.2) is 36.5 Å². The van der Waals surface area contributed by atoms with Gasteiger partial charge in [0.15, 0.2) is 6.10 Å². The predicted octanol–water partition coefficient (Wildman–Crippen LogP) is 3.00. The van der Waals surface area contributed by atoms with Crippen molar-refractivity contribution in [3.8, 4) is 0 Å². The standard InChI is InChI=1S/C16H26O4/c1-11(8-9-12-15(2,3)19-12)7-6-10-16(4)13(20-16)14(17)18-5/h7,12-13H,6,8-10H2,1-5H3/b11-7+/t12-,13+,16+/m0/s1. The summed E-state index contributed by atoms with van der Waals surface area (Å²) in [6.45, 7) is 8.39. The molecule has 0 saturated carbocycles. The van der Waals surface area contributed by atoms with E-state index in [1.54, 1.807) is 0 Å². The SMILES string of the molecule is COC(=O)[C@H]1O[C@]1(C)CC/C=C(\C)CC[C@@H]1OC1(C)C. The minimum Gasteiger partial charge on any atom is -0.467 e. The maximum atomic E-state index is 11.4. The monoisotopic (exact) mass is 282 g/mol. The first-order valence-electron chi connectivity index (χ1n) is 7.37. The highest BCUT2D eigenvalue weighted by Gasteiger charge is 2.57. The molecule has 0 amide bonds. The Hall–Kier alpha value is -0.870. The molecule has 4 heteroatoms. The van der Waals surface area contributed by atoms with Crippen molar-refractivity contribution in [2.45, 2.75) is 76.8 Å². The van der Waals surface area contributed by atoms with Crippen LogP contribution >= 0.6 is 0 Å². The maximum absolute atomic E-state index is 11.4. The number of ether oxygens (including phenoxy) is 3. The van der Waals surface area contributed by atoms with Crippen molar-refractivity contribution >= 4 is 5.97 Å². The average molecular weight is 282 g/mol. The van der Waals surface area contributed by atoms with E-state index in [0.29, 0.717) is 6.10 Å². The van der Waals surface area contributed by atoms with Crippen LogP contribution in [0.3, 0.4) is 0 Å². The van der Waals surface area contributed by atoms with Crippen molar-refractivity contribution < 1.29 is 19.0 Å². The molecule has 2 heterocycles. The summed E-state index contributed by atoms with van der Waals surface area (Å²) in [5.74, 6) is -0.263. The van der Waals surface area contributed by atoms with Crippen molar-refractivity contribution in [1.29, 1.82) is 0 Å². The van der Waals surface area contributed by atoms with Gasteiger partial charge in [0.1, 0.15) is 5.60 Å². The lowest BCUT2D eigenvalue weighted by Crippen LogP contribution is -2.18. The number of allylic oxidation sites excluding steroid dienone is 2. The van der Waals surface area contributed by atoms with Crippen LogP contribution < -0.4 is 0 Å². The largest absolute Gasteiger partial charge is 0.467 e. The van der Waals surface area contributed by atoms with Gasteiger partial charge in [-0.1, -0.05) is 11.6 Å². The molecule has 4 nitrogen and oxygen atoms in total. The minimum absolute atomic E-state index is 0.0867. The highest BCUT2D eigenvalue weighted by atomic mass is 16.6. The van der Waals surface area contributed by atoms with E-state index in [4.69, 9.17) is 14.2 Å². The summed E-state index contributed by atoms with van der Waals surface area (Å²) in [5.41, 5.74) is 1.14. The number of methoxy groups -OCH3 is 1. The van der Waals surface area contributed by atoms with Gasteiger partial charge in [-0.15, -0.1) is 0 Å². The zero-order valence-corrected chi connectivity index (χ0v) is 13.2. The molecule has 20 heavy (non-hydrogen) atoms. The molecular weight excluding hydrogens is 256 g/mol. The van der Waals surface area contributed by atoms with Gasteiger partial charge in [-0.25, -0.2) is 4.79 Å². The third kappa shape index (κ3) is 3.61. The lowest BCUT2D eigenvalue weighted by atomic mass is 9.99. The van der Waals surface area contributed by atoms with Gasteiger partial charge in [0.2, 0.25) is 0 Å². The van der Waals surface area contributed by atoms with Gasteiger partial charge < -0.3 is 14.2 Å². The van der Waals surface area contributed by atoms with Crippen LogP contribution in [0.5, 0.6) is 0 Å². The predicted molar refractivity (Wildman–Crippen MR) is 76.5 cm³/mol. The fraction of sp³-hybridized carbons (Fsp3) is 0.812. The fourth-order valence-electron chi connectivity index (χ4n) is 2.63. The van der Waals surface area contributed by atoms with E-state index in [1.165, 1.54) is 12.7 Å². The van der Waals surface area contributed by atoms with E-state index in [0.717, 1.165) is 25.7 Å². The zero-order valence-electron chi connectivity index (χ0n) is 13.2. The number of esters is 1. The molecule has 2 fully saturated rings. The fourth-order valence-corrected chi connectivity index (χ4v) is 2.63. The summed E-state index contributed by atoms with van der Waals surface area (Å²) < 4.78 is 15.7. The lowest BCUT2D eigenvalue weighted by Gasteiger charge is -2.05. The quantitative estimate of drug-likeness (QED) is 0.409. The van der Waals surface area contributed by atoms with E-state index >= 15 is 0 Å². The van der Waals surface area contributed by atoms with Gasteiger partial charge in [-0.05, 0) is 53.4 Å². The molecule has 2 aliphatic heterocycles. The molecule has 0 aromatic heterocycles. The van der Waals surface area contributed by atoms with Gasteiger partial charge in [0, 0.05) is 0 Å². The molecule has 0 aromatic carbocycles. The molecule has 3 atom stereocenters. The molecular formula is C16H26O4. The second-order valence-electron chi connectivity index (χ2n) is 6.67. The molecule has 0 N–H and O–H groups in total. The molecule has 2 saturated heterocycles. The number of carbonyl (C=O) groups is 1. The first-order valence-corrected chi connectivity index (χ1v) is 7.37. The van der Waals surface area contributed by atoms with Gasteiger partial charge in [0.25, 0.3) is 0 Å². The van der Waals surface area contributed by atoms with Crippen LogP contribution in [0.25, 0.3) is 0 Å². The Morgan fingerprint density at radius 2 is 1.95 bits per heavy atom. The molecule has 0 radical (unpaired) electrons. The second kappa shape index (κ2) is 5.49. The number of hydrogen-bond donors (Lipinski definition) is 0. The van der Waals surface area contributed by atoms with E-state index in [2.05, 4.69) is 26.8 Å². The topological polar surface area (TPSA) is 51.4 Å². The van der Waals surface area contributed by atoms with Crippen molar-refractivity contribution in [1.82, 2.24) is 0 Å². The summed E-state index contributed by atoms with van der Waals surface area (Å²) in [6.07, 6.45) is 6.25. The number of epoxide rings is 2. The van der Waals surface area contributed by atoms with E-state index in [-0.39, 0.29) is 23.3 Å². The molecule has 0 bridgehead atoms. The second-order valence-corrected chi connectivity index (χ2v) is 6.67. The Morgan fingerprint density at radius 3 is 2.50 bits per heavy atom. The Labute approximate surface area is 121 Å². The Kier molecular flexibility index (Phi) is 4.26. The van der Waals surface area contributed by atoms with Crippen LogP contribution in [0, 0.1) is 0 Å². The van der Waals surface area contributed by atoms with Crippen LogP contribution in [0.2, 0.25) is 0 Å². The van der Waals surface area contributed by atoms with E-state index in [1.807, 2.05) is 6.92 Å². The number of hydrogen-bond acceptors (Lipinski definition) is 4. The molecule has 0 unspecified atom stereocenters. The van der Waals surface area contributed by atoms with Gasteiger partial charge >= 0.3 is 5.97 Å². The highest BCUT2D eigenvalue weighted by molar-refractivity contribution is 5.79. The molecule has 0 spiro atoms. The normalized spacial score (nSPS) is 34.8. The molecule has 2 rings (SSSR count). The third-order valence-corrected chi connectivity index (χ3v) is 4.40. The Morgan fingerprint density at radius 1 is 1.30 bits per heavy atom. The summed E-state index contributed by atoms with van der Waals surface area (Å²) in [5, 5.41) is 0. The Balaban J connectivity index is 1.65. The third-order valence-electron chi connectivity index (χ3n) is 4.40. The van der Waals surface area contributed by atoms with Crippen molar-refractivity contribution in [2.75, 3.05) is 7.11 Å². The van der Waals surface area contributed by atoms with Crippen molar-refractivity contribution in [3.63, 3.8) is 0 Å². The number of carbonyl (C=O) groups excluding carboxylic acids is 1. The van der Waals surface area contributed by atoms with Crippen LogP contribution in [-0.2, 0) is 19.0 Å². The number of rotatable bonds is 7. The molecule has 0 aliphatic carbocycles. The summed E-state index contributed by atoms with van der Waals surface area (Å²) >= 11 is 0. The zero-order chi connectivity index (χ0) is 15.0. The molecule has 0 aromatic rings. The van der Waals surface area contributed by atoms with Crippen LogP contribution in [0.1, 0.15) is 53.4 Å². The summed E-state index contributed by atoms with van der Waals surface area (Å²) in [4.78, 5) is 11.4. The van der Waals surface area contributed by atoms with E-state index < -0.39 is 0 Å². The first-order chi connectivity index (χ1) is 9.28. The van der Waals surface area contributed by atoms with Crippen LogP contribution in [0.4, 0.5) is 0 Å². The van der Waals surface area contributed by atoms with Gasteiger partial charge in [-0.3, -0.25) is 0 Å². The Bertz CT molecular complexity index is 413. The van der Waals surface area contributed by atoms with Crippen molar-refractivity contribution in [3.05, 3.63) is 11.6 Å². The molecule has 114 valence electrons. The minimum atomic E-state index is -0.373. The maximum Gasteiger partial charge on any atom is 0.338 e.